The molecule has 12 heavy (non-hydrogen) atoms. The summed E-state index contributed by atoms with van der Waals surface area (Å²) < 4.78 is 0. The van der Waals surface area contributed by atoms with Crippen LogP contribution in [-0.4, -0.2) is 16.5 Å². The Morgan fingerprint density at radius 3 is 2.42 bits per heavy atom. The van der Waals surface area contributed by atoms with Gasteiger partial charge in [-0.1, -0.05) is 0 Å². The molecule has 2 N–H and O–H groups in total. The summed E-state index contributed by atoms with van der Waals surface area (Å²) in [6.07, 6.45) is 5.56. The first kappa shape index (κ1) is 8.89. The first-order valence-corrected chi connectivity index (χ1v) is 6.02. The maximum absolute atomic E-state index is 6.24. The molecule has 1 atom stereocenters. The fourth-order valence-electron chi connectivity index (χ4n) is 2.53. The molecular weight excluding hydrogens is 166 g/mol. The zero-order valence-electron chi connectivity index (χ0n) is 8.10. The lowest BCUT2D eigenvalue weighted by atomic mass is 9.81. The topological polar surface area (TPSA) is 26.0 Å². The molecule has 1 aliphatic heterocycles. The number of hydrogen-bond acceptors (Lipinski definition) is 2. The van der Waals surface area contributed by atoms with Crippen molar-refractivity contribution >= 4 is 11.8 Å². The molecule has 2 fully saturated rings. The summed E-state index contributed by atoms with van der Waals surface area (Å²) in [5.41, 5.74) is 6.80. The van der Waals surface area contributed by atoms with Crippen molar-refractivity contribution in [2.24, 2.45) is 11.1 Å². The second-order valence-electron chi connectivity index (χ2n) is 4.88. The normalized spacial score (nSPS) is 33.8. The highest BCUT2D eigenvalue weighted by molar-refractivity contribution is 8.00. The average molecular weight is 185 g/mol. The molecule has 1 nitrogen and oxygen atoms in total. The van der Waals surface area contributed by atoms with Gasteiger partial charge in [0.2, 0.25) is 0 Å². The summed E-state index contributed by atoms with van der Waals surface area (Å²) in [5, 5.41) is 0.873. The minimum atomic E-state index is 0.0506. The number of hydrogen-bond donors (Lipinski definition) is 1. The van der Waals surface area contributed by atoms with Gasteiger partial charge in [0.05, 0.1) is 0 Å². The van der Waals surface area contributed by atoms with Crippen LogP contribution in [0.1, 0.15) is 39.5 Å². The van der Waals surface area contributed by atoms with Crippen LogP contribution >= 0.6 is 11.8 Å². The number of thioether (sulfide) groups is 1. The summed E-state index contributed by atoms with van der Waals surface area (Å²) in [5.74, 6) is 1.36. The van der Waals surface area contributed by atoms with E-state index < -0.39 is 0 Å². The highest BCUT2D eigenvalue weighted by atomic mass is 32.2. The standard InChI is InChI=1S/C10H19NS/c1-9(2,11)10(5-6-10)8-4-3-7-12-8/h8H,3-7,11H2,1-2H3. The molecule has 1 saturated heterocycles. The van der Waals surface area contributed by atoms with Crippen molar-refractivity contribution in [2.75, 3.05) is 5.75 Å². The summed E-state index contributed by atoms with van der Waals surface area (Å²) in [7, 11) is 0. The van der Waals surface area contributed by atoms with Gasteiger partial charge in [-0.25, -0.2) is 0 Å². The Labute approximate surface area is 79.5 Å². The monoisotopic (exact) mass is 185 g/mol. The van der Waals surface area contributed by atoms with Crippen LogP contribution in [0.4, 0.5) is 0 Å². The van der Waals surface area contributed by atoms with Crippen molar-refractivity contribution in [3.63, 3.8) is 0 Å². The van der Waals surface area contributed by atoms with Crippen LogP contribution in [0.15, 0.2) is 0 Å². The van der Waals surface area contributed by atoms with E-state index in [1.165, 1.54) is 31.4 Å². The highest BCUT2D eigenvalue weighted by Crippen LogP contribution is 2.61. The second kappa shape index (κ2) is 2.65. The van der Waals surface area contributed by atoms with E-state index in [2.05, 4.69) is 25.6 Å². The molecule has 0 amide bonds. The van der Waals surface area contributed by atoms with E-state index in [-0.39, 0.29) is 5.54 Å². The molecular formula is C10H19NS. The fraction of sp³-hybridized carbons (Fsp3) is 1.00. The van der Waals surface area contributed by atoms with Crippen molar-refractivity contribution in [2.45, 2.75) is 50.3 Å². The molecule has 1 saturated carbocycles. The summed E-state index contributed by atoms with van der Waals surface area (Å²) in [4.78, 5) is 0. The van der Waals surface area contributed by atoms with Crippen LogP contribution in [0, 0.1) is 5.41 Å². The van der Waals surface area contributed by atoms with Crippen LogP contribution in [-0.2, 0) is 0 Å². The molecule has 2 heteroatoms. The van der Waals surface area contributed by atoms with Gasteiger partial charge in [0.1, 0.15) is 0 Å². The third-order valence-electron chi connectivity index (χ3n) is 3.62. The van der Waals surface area contributed by atoms with Gasteiger partial charge < -0.3 is 5.73 Å². The Bertz CT molecular complexity index is 173. The Kier molecular flexibility index (Phi) is 1.96. The van der Waals surface area contributed by atoms with Crippen LogP contribution in [0.3, 0.4) is 0 Å². The molecule has 2 rings (SSSR count). The quantitative estimate of drug-likeness (QED) is 0.715. The zero-order chi connectivity index (χ0) is 8.82. The van der Waals surface area contributed by atoms with Crippen LogP contribution < -0.4 is 5.73 Å². The molecule has 1 aliphatic carbocycles. The van der Waals surface area contributed by atoms with E-state index in [4.69, 9.17) is 5.73 Å². The first-order valence-electron chi connectivity index (χ1n) is 4.97. The molecule has 0 aromatic heterocycles. The van der Waals surface area contributed by atoms with Crippen LogP contribution in [0.5, 0.6) is 0 Å². The first-order chi connectivity index (χ1) is 5.56. The molecule has 0 spiro atoms. The van der Waals surface area contributed by atoms with Crippen molar-refractivity contribution in [1.29, 1.82) is 0 Å². The van der Waals surface area contributed by atoms with Crippen molar-refractivity contribution in [1.82, 2.24) is 0 Å². The summed E-state index contributed by atoms with van der Waals surface area (Å²) in [6.45, 7) is 4.41. The van der Waals surface area contributed by atoms with Crippen molar-refractivity contribution < 1.29 is 0 Å². The minimum Gasteiger partial charge on any atom is -0.325 e. The molecule has 70 valence electrons. The Balaban J connectivity index is 2.10. The van der Waals surface area contributed by atoms with E-state index in [1.54, 1.807) is 0 Å². The second-order valence-corrected chi connectivity index (χ2v) is 6.19. The van der Waals surface area contributed by atoms with Crippen LogP contribution in [0.25, 0.3) is 0 Å². The molecule has 1 unspecified atom stereocenters. The van der Waals surface area contributed by atoms with Gasteiger partial charge in [-0.3, -0.25) is 0 Å². The Hall–Kier alpha value is 0.310. The van der Waals surface area contributed by atoms with E-state index in [0.29, 0.717) is 5.41 Å². The SMILES string of the molecule is CC(C)(N)C1(C2CCCS2)CC1. The Morgan fingerprint density at radius 2 is 2.08 bits per heavy atom. The third-order valence-corrected chi connectivity index (χ3v) is 5.23. The van der Waals surface area contributed by atoms with Crippen molar-refractivity contribution in [3.05, 3.63) is 0 Å². The van der Waals surface area contributed by atoms with E-state index >= 15 is 0 Å². The molecule has 1 heterocycles. The van der Waals surface area contributed by atoms with E-state index in [9.17, 15) is 0 Å². The van der Waals surface area contributed by atoms with Gasteiger partial charge in [0.25, 0.3) is 0 Å². The molecule has 0 bridgehead atoms. The molecule has 2 aliphatic rings. The predicted octanol–water partition coefficient (Wildman–Crippen LogP) is 2.40. The average Bonchev–Trinajstić information content (AvgIpc) is 2.61. The van der Waals surface area contributed by atoms with Crippen LogP contribution in [0.2, 0.25) is 0 Å². The summed E-state index contributed by atoms with van der Waals surface area (Å²) >= 11 is 2.16. The lowest BCUT2D eigenvalue weighted by molar-refractivity contribution is 0.282. The lowest BCUT2D eigenvalue weighted by Crippen LogP contribution is -2.47. The van der Waals surface area contributed by atoms with Gasteiger partial charge in [0.15, 0.2) is 0 Å². The zero-order valence-corrected chi connectivity index (χ0v) is 8.91. The Morgan fingerprint density at radius 1 is 1.42 bits per heavy atom. The van der Waals surface area contributed by atoms with E-state index in [1.807, 2.05) is 0 Å². The van der Waals surface area contributed by atoms with Gasteiger partial charge in [-0.2, -0.15) is 11.8 Å². The molecule has 0 aromatic rings. The lowest BCUT2D eigenvalue weighted by Gasteiger charge is -2.35. The van der Waals surface area contributed by atoms with Gasteiger partial charge in [-0.15, -0.1) is 0 Å². The van der Waals surface area contributed by atoms with Gasteiger partial charge >= 0.3 is 0 Å². The highest BCUT2D eigenvalue weighted by Gasteiger charge is 2.57. The van der Waals surface area contributed by atoms with E-state index in [0.717, 1.165) is 5.25 Å². The van der Waals surface area contributed by atoms with Gasteiger partial charge in [0, 0.05) is 10.8 Å². The van der Waals surface area contributed by atoms with Crippen molar-refractivity contribution in [3.8, 4) is 0 Å². The summed E-state index contributed by atoms with van der Waals surface area (Å²) in [6, 6.07) is 0. The third kappa shape index (κ3) is 1.20. The smallest absolute Gasteiger partial charge is 0.0164 e. The van der Waals surface area contributed by atoms with Gasteiger partial charge in [-0.05, 0) is 50.7 Å². The number of rotatable bonds is 2. The maximum Gasteiger partial charge on any atom is 0.0164 e. The maximum atomic E-state index is 6.24. The molecule has 0 radical (unpaired) electrons. The fourth-order valence-corrected chi connectivity index (χ4v) is 4.34. The largest absolute Gasteiger partial charge is 0.325 e. The minimum absolute atomic E-state index is 0.0506. The predicted molar refractivity (Wildman–Crippen MR) is 55.4 cm³/mol. The number of nitrogens with two attached hydrogens (primary N) is 1. The molecule has 0 aromatic carbocycles.